The van der Waals surface area contributed by atoms with Gasteiger partial charge in [-0.15, -0.1) is 0 Å². The molecule has 0 bridgehead atoms. The van der Waals surface area contributed by atoms with E-state index in [0.717, 1.165) is 31.7 Å². The third kappa shape index (κ3) is 2.13. The highest BCUT2D eigenvalue weighted by Crippen LogP contribution is 2.28. The molecule has 15 heavy (non-hydrogen) atoms. The minimum Gasteiger partial charge on any atom is -0.497 e. The molecule has 0 saturated carbocycles. The van der Waals surface area contributed by atoms with E-state index in [1.54, 1.807) is 7.11 Å². The first-order chi connectivity index (χ1) is 7.35. The number of rotatable bonds is 3. The fraction of sp³-hybridized carbons (Fsp3) is 0.500. The third-order valence-corrected chi connectivity index (χ3v) is 2.97. The summed E-state index contributed by atoms with van der Waals surface area (Å²) in [5, 5.41) is 3.49. The Morgan fingerprint density at radius 2 is 2.40 bits per heavy atom. The molecule has 0 spiro atoms. The second-order valence-corrected chi connectivity index (χ2v) is 3.90. The SMILES string of the molecule is COc1ccc2c(c1)CCNC2CCN. The molecule has 1 aromatic carbocycles. The molecule has 0 aromatic heterocycles. The van der Waals surface area contributed by atoms with Gasteiger partial charge < -0.3 is 15.8 Å². The molecular formula is C12H18N2O. The summed E-state index contributed by atoms with van der Waals surface area (Å²) in [5.74, 6) is 0.946. The number of nitrogens with one attached hydrogen (secondary N) is 1. The predicted octanol–water partition coefficient (Wildman–Crippen LogP) is 1.23. The number of hydrogen-bond donors (Lipinski definition) is 2. The van der Waals surface area contributed by atoms with Gasteiger partial charge >= 0.3 is 0 Å². The smallest absolute Gasteiger partial charge is 0.119 e. The van der Waals surface area contributed by atoms with Crippen LogP contribution >= 0.6 is 0 Å². The van der Waals surface area contributed by atoms with E-state index in [2.05, 4.69) is 17.4 Å². The molecule has 0 amide bonds. The van der Waals surface area contributed by atoms with E-state index in [0.29, 0.717) is 6.04 Å². The van der Waals surface area contributed by atoms with Gasteiger partial charge in [-0.3, -0.25) is 0 Å². The highest BCUT2D eigenvalue weighted by Gasteiger charge is 2.18. The van der Waals surface area contributed by atoms with E-state index in [4.69, 9.17) is 10.5 Å². The van der Waals surface area contributed by atoms with E-state index >= 15 is 0 Å². The van der Waals surface area contributed by atoms with Gasteiger partial charge in [-0.25, -0.2) is 0 Å². The molecule has 2 rings (SSSR count). The number of benzene rings is 1. The van der Waals surface area contributed by atoms with Crippen LogP contribution in [0.25, 0.3) is 0 Å². The first-order valence-electron chi connectivity index (χ1n) is 5.45. The van der Waals surface area contributed by atoms with Crippen molar-refractivity contribution in [3.8, 4) is 5.75 Å². The van der Waals surface area contributed by atoms with Crippen molar-refractivity contribution in [2.45, 2.75) is 18.9 Å². The molecule has 3 N–H and O–H groups in total. The fourth-order valence-corrected chi connectivity index (χ4v) is 2.18. The zero-order valence-corrected chi connectivity index (χ0v) is 9.12. The van der Waals surface area contributed by atoms with Crippen LogP contribution in [0.3, 0.4) is 0 Å². The molecule has 1 atom stereocenters. The molecule has 1 aromatic rings. The maximum absolute atomic E-state index is 5.61. The summed E-state index contributed by atoms with van der Waals surface area (Å²) in [7, 11) is 1.71. The van der Waals surface area contributed by atoms with E-state index in [-0.39, 0.29) is 0 Å². The van der Waals surface area contributed by atoms with Crippen LogP contribution in [-0.2, 0) is 6.42 Å². The van der Waals surface area contributed by atoms with E-state index in [9.17, 15) is 0 Å². The molecule has 1 aliphatic heterocycles. The monoisotopic (exact) mass is 206 g/mol. The number of ether oxygens (including phenoxy) is 1. The molecule has 3 heteroatoms. The van der Waals surface area contributed by atoms with Gasteiger partial charge in [0.05, 0.1) is 7.11 Å². The number of fused-ring (bicyclic) bond motifs is 1. The molecule has 0 radical (unpaired) electrons. The van der Waals surface area contributed by atoms with Crippen LogP contribution in [0.15, 0.2) is 18.2 Å². The Bertz CT molecular complexity index is 338. The van der Waals surface area contributed by atoms with E-state index in [1.807, 2.05) is 6.07 Å². The fourth-order valence-electron chi connectivity index (χ4n) is 2.18. The zero-order valence-electron chi connectivity index (χ0n) is 9.12. The van der Waals surface area contributed by atoms with Crippen molar-refractivity contribution in [2.75, 3.05) is 20.2 Å². The largest absolute Gasteiger partial charge is 0.497 e. The van der Waals surface area contributed by atoms with Crippen LogP contribution in [0.2, 0.25) is 0 Å². The molecular weight excluding hydrogens is 188 g/mol. The van der Waals surface area contributed by atoms with E-state index in [1.165, 1.54) is 11.1 Å². The Morgan fingerprint density at radius 1 is 1.53 bits per heavy atom. The Labute approximate surface area is 90.6 Å². The maximum atomic E-state index is 5.61. The Balaban J connectivity index is 2.28. The van der Waals surface area contributed by atoms with Gasteiger partial charge in [-0.1, -0.05) is 6.07 Å². The molecule has 0 fully saturated rings. The second kappa shape index (κ2) is 4.64. The maximum Gasteiger partial charge on any atom is 0.119 e. The summed E-state index contributed by atoms with van der Waals surface area (Å²) in [6.07, 6.45) is 2.08. The summed E-state index contributed by atoms with van der Waals surface area (Å²) in [6, 6.07) is 6.74. The molecule has 82 valence electrons. The average Bonchev–Trinajstić information content (AvgIpc) is 2.29. The highest BCUT2D eigenvalue weighted by molar-refractivity contribution is 5.39. The Hall–Kier alpha value is -1.06. The minimum absolute atomic E-state index is 0.421. The Kier molecular flexibility index (Phi) is 3.23. The summed E-state index contributed by atoms with van der Waals surface area (Å²) < 4.78 is 5.23. The van der Waals surface area contributed by atoms with Crippen molar-refractivity contribution >= 4 is 0 Å². The van der Waals surface area contributed by atoms with Crippen LogP contribution in [0, 0.1) is 0 Å². The van der Waals surface area contributed by atoms with Gasteiger partial charge in [-0.05, 0) is 49.2 Å². The van der Waals surface area contributed by atoms with Crippen molar-refractivity contribution in [3.63, 3.8) is 0 Å². The van der Waals surface area contributed by atoms with Crippen LogP contribution in [0.5, 0.6) is 5.75 Å². The second-order valence-electron chi connectivity index (χ2n) is 3.90. The van der Waals surface area contributed by atoms with Gasteiger partial charge in [0.1, 0.15) is 5.75 Å². The lowest BCUT2D eigenvalue weighted by molar-refractivity contribution is 0.411. The number of hydrogen-bond acceptors (Lipinski definition) is 3. The van der Waals surface area contributed by atoms with Gasteiger partial charge in [0.25, 0.3) is 0 Å². The molecule has 1 unspecified atom stereocenters. The lowest BCUT2D eigenvalue weighted by Crippen LogP contribution is -2.31. The molecule has 0 aliphatic carbocycles. The predicted molar refractivity (Wildman–Crippen MR) is 61.1 cm³/mol. The van der Waals surface area contributed by atoms with Gasteiger partial charge in [-0.2, -0.15) is 0 Å². The van der Waals surface area contributed by atoms with Crippen molar-refractivity contribution in [2.24, 2.45) is 5.73 Å². The van der Waals surface area contributed by atoms with Crippen molar-refractivity contribution in [1.29, 1.82) is 0 Å². The van der Waals surface area contributed by atoms with Crippen LogP contribution in [0.4, 0.5) is 0 Å². The number of methoxy groups -OCH3 is 1. The van der Waals surface area contributed by atoms with Crippen LogP contribution in [-0.4, -0.2) is 20.2 Å². The van der Waals surface area contributed by atoms with Crippen molar-refractivity contribution < 1.29 is 4.74 Å². The quantitative estimate of drug-likeness (QED) is 0.782. The van der Waals surface area contributed by atoms with Crippen molar-refractivity contribution in [3.05, 3.63) is 29.3 Å². The first-order valence-corrected chi connectivity index (χ1v) is 5.45. The standard InChI is InChI=1S/C12H18N2O/c1-15-10-2-3-11-9(8-10)5-7-14-12(11)4-6-13/h2-3,8,12,14H,4-7,13H2,1H3. The Morgan fingerprint density at radius 3 is 3.13 bits per heavy atom. The highest BCUT2D eigenvalue weighted by atomic mass is 16.5. The molecule has 3 nitrogen and oxygen atoms in total. The summed E-state index contributed by atoms with van der Waals surface area (Å²) in [5.41, 5.74) is 8.38. The molecule has 1 heterocycles. The summed E-state index contributed by atoms with van der Waals surface area (Å²) >= 11 is 0. The zero-order chi connectivity index (χ0) is 10.7. The average molecular weight is 206 g/mol. The minimum atomic E-state index is 0.421. The molecule has 0 saturated heterocycles. The van der Waals surface area contributed by atoms with Crippen LogP contribution in [0.1, 0.15) is 23.6 Å². The van der Waals surface area contributed by atoms with Gasteiger partial charge in [0.15, 0.2) is 0 Å². The normalized spacial score (nSPS) is 19.7. The van der Waals surface area contributed by atoms with Crippen molar-refractivity contribution in [1.82, 2.24) is 5.32 Å². The van der Waals surface area contributed by atoms with E-state index < -0.39 is 0 Å². The third-order valence-electron chi connectivity index (χ3n) is 2.97. The summed E-state index contributed by atoms with van der Waals surface area (Å²) in [4.78, 5) is 0. The van der Waals surface area contributed by atoms with Crippen LogP contribution < -0.4 is 15.8 Å². The topological polar surface area (TPSA) is 47.3 Å². The van der Waals surface area contributed by atoms with Gasteiger partial charge in [0.2, 0.25) is 0 Å². The summed E-state index contributed by atoms with van der Waals surface area (Å²) in [6.45, 7) is 1.76. The lowest BCUT2D eigenvalue weighted by Gasteiger charge is -2.27. The first kappa shape index (κ1) is 10.5. The molecule has 1 aliphatic rings. The van der Waals surface area contributed by atoms with Gasteiger partial charge in [0, 0.05) is 6.04 Å². The number of nitrogens with two attached hydrogens (primary N) is 1. The lowest BCUT2D eigenvalue weighted by atomic mass is 9.92.